The number of methoxy groups -OCH3 is 1. The van der Waals surface area contributed by atoms with E-state index in [9.17, 15) is 0 Å². The standard InChI is InChI=1S/C7H7BN2S.C3H8O/c8-10-7(11)9-6-4-2-1-3-5-6;1-3-4-2/h1-5H,(H2,9,10,11);3H2,1-2H3. The fourth-order valence-corrected chi connectivity index (χ4v) is 0.807. The van der Waals surface area contributed by atoms with E-state index in [-0.39, 0.29) is 0 Å². The summed E-state index contributed by atoms with van der Waals surface area (Å²) in [6.45, 7) is 2.78. The maximum Gasteiger partial charge on any atom is 0.225 e. The van der Waals surface area contributed by atoms with Crippen LogP contribution in [0.25, 0.3) is 0 Å². The molecule has 0 amide bonds. The van der Waals surface area contributed by atoms with E-state index in [0.717, 1.165) is 12.3 Å². The molecule has 0 atom stereocenters. The highest BCUT2D eigenvalue weighted by molar-refractivity contribution is 7.80. The molecule has 1 aromatic carbocycles. The summed E-state index contributed by atoms with van der Waals surface area (Å²) in [7, 11) is 6.75. The lowest BCUT2D eigenvalue weighted by Crippen LogP contribution is -2.25. The van der Waals surface area contributed by atoms with Crippen LogP contribution in [-0.4, -0.2) is 26.8 Å². The van der Waals surface area contributed by atoms with E-state index < -0.39 is 0 Å². The molecule has 0 spiro atoms. The summed E-state index contributed by atoms with van der Waals surface area (Å²) >= 11 is 4.79. The van der Waals surface area contributed by atoms with Crippen molar-refractivity contribution in [1.29, 1.82) is 0 Å². The Morgan fingerprint density at radius 2 is 1.93 bits per heavy atom. The summed E-state index contributed by atoms with van der Waals surface area (Å²) in [6.07, 6.45) is 0. The zero-order valence-corrected chi connectivity index (χ0v) is 9.80. The monoisotopic (exact) mass is 222 g/mol. The van der Waals surface area contributed by atoms with Crippen LogP contribution in [0.1, 0.15) is 6.92 Å². The SMILES string of the molecule is CCOC.[B]NC(=S)Nc1ccccc1. The number of hydrogen-bond donors (Lipinski definition) is 2. The fourth-order valence-electron chi connectivity index (χ4n) is 0.689. The summed E-state index contributed by atoms with van der Waals surface area (Å²) in [6, 6.07) is 9.58. The number of rotatable bonds is 2. The Morgan fingerprint density at radius 1 is 1.40 bits per heavy atom. The number of hydrogen-bond acceptors (Lipinski definition) is 2. The van der Waals surface area contributed by atoms with Gasteiger partial charge in [0.2, 0.25) is 7.98 Å². The van der Waals surface area contributed by atoms with E-state index in [2.05, 4.69) is 15.3 Å². The Balaban J connectivity index is 0.000000423. The molecular formula is C10H15BN2OS. The van der Waals surface area contributed by atoms with E-state index in [1.54, 1.807) is 7.11 Å². The van der Waals surface area contributed by atoms with Gasteiger partial charge in [-0.05, 0) is 31.3 Å². The zero-order chi connectivity index (χ0) is 11.5. The van der Waals surface area contributed by atoms with Crippen molar-refractivity contribution in [3.05, 3.63) is 30.3 Å². The normalized spacial score (nSPS) is 8.40. The molecule has 80 valence electrons. The zero-order valence-electron chi connectivity index (χ0n) is 8.99. The molecule has 0 aliphatic rings. The number of benzene rings is 1. The molecule has 0 saturated carbocycles. The average Bonchev–Trinajstić information content (AvgIpc) is 2.30. The molecule has 0 aromatic heterocycles. The van der Waals surface area contributed by atoms with Crippen molar-refractivity contribution in [3.8, 4) is 0 Å². The van der Waals surface area contributed by atoms with Gasteiger partial charge in [-0.1, -0.05) is 18.2 Å². The van der Waals surface area contributed by atoms with Crippen LogP contribution in [0.2, 0.25) is 0 Å². The van der Waals surface area contributed by atoms with Crippen molar-refractivity contribution >= 4 is 31.0 Å². The topological polar surface area (TPSA) is 33.3 Å². The van der Waals surface area contributed by atoms with Crippen molar-refractivity contribution in [2.75, 3.05) is 19.0 Å². The van der Waals surface area contributed by atoms with Crippen LogP contribution >= 0.6 is 12.2 Å². The largest absolute Gasteiger partial charge is 0.415 e. The minimum Gasteiger partial charge on any atom is -0.415 e. The lowest BCUT2D eigenvalue weighted by atomic mass is 10.3. The van der Waals surface area contributed by atoms with Gasteiger partial charge in [0.1, 0.15) is 0 Å². The summed E-state index contributed by atoms with van der Waals surface area (Å²) in [5.41, 5.74) is 0.926. The third-order valence-corrected chi connectivity index (χ3v) is 1.67. The first kappa shape index (κ1) is 13.9. The summed E-state index contributed by atoms with van der Waals surface area (Å²) < 4.78 is 4.54. The molecule has 1 aromatic rings. The maximum atomic E-state index is 5.07. The third kappa shape index (κ3) is 7.97. The summed E-state index contributed by atoms with van der Waals surface area (Å²) in [5, 5.41) is 5.63. The van der Waals surface area contributed by atoms with Gasteiger partial charge in [0.15, 0.2) is 5.11 Å². The molecule has 0 aliphatic carbocycles. The van der Waals surface area contributed by atoms with Gasteiger partial charge in [-0.15, -0.1) is 0 Å². The van der Waals surface area contributed by atoms with Gasteiger partial charge in [-0.3, -0.25) is 0 Å². The second kappa shape index (κ2) is 9.49. The Morgan fingerprint density at radius 3 is 2.33 bits per heavy atom. The van der Waals surface area contributed by atoms with Gasteiger partial charge >= 0.3 is 0 Å². The van der Waals surface area contributed by atoms with Gasteiger partial charge in [-0.2, -0.15) is 0 Å². The second-order valence-corrected chi connectivity index (χ2v) is 2.95. The van der Waals surface area contributed by atoms with Crippen LogP contribution in [0.4, 0.5) is 5.69 Å². The molecule has 2 N–H and O–H groups in total. The highest BCUT2D eigenvalue weighted by Gasteiger charge is 1.90. The molecule has 2 radical (unpaired) electrons. The van der Waals surface area contributed by atoms with E-state index in [0.29, 0.717) is 5.11 Å². The Hall–Kier alpha value is -1.07. The molecule has 1 rings (SSSR count). The smallest absolute Gasteiger partial charge is 0.225 e. The van der Waals surface area contributed by atoms with Crippen molar-refractivity contribution in [1.82, 2.24) is 5.23 Å². The molecule has 0 aliphatic heterocycles. The fraction of sp³-hybridized carbons (Fsp3) is 0.300. The van der Waals surface area contributed by atoms with Gasteiger partial charge in [0, 0.05) is 19.4 Å². The number of ether oxygens (including phenoxy) is 1. The second-order valence-electron chi connectivity index (χ2n) is 2.54. The van der Waals surface area contributed by atoms with Crippen LogP contribution in [0.5, 0.6) is 0 Å². The summed E-state index contributed by atoms with van der Waals surface area (Å²) in [5.74, 6) is 0. The molecule has 0 saturated heterocycles. The van der Waals surface area contributed by atoms with E-state index in [1.165, 1.54) is 0 Å². The lowest BCUT2D eigenvalue weighted by Gasteiger charge is -2.05. The molecule has 0 heterocycles. The predicted octanol–water partition coefficient (Wildman–Crippen LogP) is 1.71. The minimum atomic E-state index is 0.413. The molecule has 3 nitrogen and oxygen atoms in total. The molecular weight excluding hydrogens is 207 g/mol. The van der Waals surface area contributed by atoms with E-state index in [1.807, 2.05) is 37.3 Å². The van der Waals surface area contributed by atoms with Gasteiger partial charge in [0.05, 0.1) is 0 Å². The molecule has 0 fully saturated rings. The molecule has 5 heteroatoms. The Kier molecular flexibility index (Phi) is 8.81. The number of anilines is 1. The van der Waals surface area contributed by atoms with Gasteiger partial charge < -0.3 is 15.3 Å². The lowest BCUT2D eigenvalue weighted by molar-refractivity contribution is 0.215. The highest BCUT2D eigenvalue weighted by Crippen LogP contribution is 2.03. The molecule has 0 unspecified atom stereocenters. The highest BCUT2D eigenvalue weighted by atomic mass is 32.1. The average molecular weight is 222 g/mol. The maximum absolute atomic E-state index is 5.07. The number of nitrogens with one attached hydrogen (secondary N) is 2. The van der Waals surface area contributed by atoms with E-state index >= 15 is 0 Å². The number of thiocarbonyl (C=S) groups is 1. The predicted molar refractivity (Wildman–Crippen MR) is 69.1 cm³/mol. The van der Waals surface area contributed by atoms with Crippen molar-refractivity contribution in [2.24, 2.45) is 0 Å². The Bertz CT molecular complexity index is 267. The molecule has 15 heavy (non-hydrogen) atoms. The van der Waals surface area contributed by atoms with Crippen LogP contribution in [0.15, 0.2) is 30.3 Å². The van der Waals surface area contributed by atoms with Crippen molar-refractivity contribution in [2.45, 2.75) is 6.92 Å². The summed E-state index contributed by atoms with van der Waals surface area (Å²) in [4.78, 5) is 0. The van der Waals surface area contributed by atoms with E-state index in [4.69, 9.17) is 20.2 Å². The first-order valence-electron chi connectivity index (χ1n) is 4.56. The van der Waals surface area contributed by atoms with Crippen molar-refractivity contribution < 1.29 is 4.74 Å². The first-order valence-corrected chi connectivity index (χ1v) is 4.97. The number of para-hydroxylation sites is 1. The Labute approximate surface area is 97.6 Å². The van der Waals surface area contributed by atoms with Gasteiger partial charge in [0.25, 0.3) is 0 Å². The quantitative estimate of drug-likeness (QED) is 0.589. The van der Waals surface area contributed by atoms with Crippen LogP contribution in [0.3, 0.4) is 0 Å². The first-order chi connectivity index (χ1) is 7.24. The molecule has 0 bridgehead atoms. The third-order valence-electron chi connectivity index (χ3n) is 1.45. The minimum absolute atomic E-state index is 0.413. The van der Waals surface area contributed by atoms with Crippen LogP contribution in [-0.2, 0) is 4.74 Å². The van der Waals surface area contributed by atoms with Gasteiger partial charge in [-0.25, -0.2) is 0 Å². The van der Waals surface area contributed by atoms with Crippen molar-refractivity contribution in [3.63, 3.8) is 0 Å². The van der Waals surface area contributed by atoms with Crippen LogP contribution < -0.4 is 10.5 Å². The van der Waals surface area contributed by atoms with Crippen LogP contribution in [0, 0.1) is 0 Å².